The zero-order valence-corrected chi connectivity index (χ0v) is 11.6. The average molecular weight is 276 g/mol. The van der Waals surface area contributed by atoms with Crippen molar-refractivity contribution in [2.24, 2.45) is 0 Å². The van der Waals surface area contributed by atoms with Crippen LogP contribution in [0.2, 0.25) is 5.02 Å². The molecule has 0 unspecified atom stereocenters. The molecular formula is C15H18ClN3. The van der Waals surface area contributed by atoms with E-state index in [0.717, 1.165) is 22.1 Å². The van der Waals surface area contributed by atoms with Crippen LogP contribution in [0, 0.1) is 0 Å². The Labute approximate surface area is 118 Å². The van der Waals surface area contributed by atoms with Crippen molar-refractivity contribution in [2.45, 2.75) is 38.1 Å². The fourth-order valence-electron chi connectivity index (χ4n) is 2.79. The summed E-state index contributed by atoms with van der Waals surface area (Å²) in [6, 6.07) is 10.1. The molecule has 1 aliphatic carbocycles. The van der Waals surface area contributed by atoms with E-state index in [2.05, 4.69) is 5.10 Å². The molecule has 3 nitrogen and oxygen atoms in total. The van der Waals surface area contributed by atoms with Crippen molar-refractivity contribution < 1.29 is 0 Å². The van der Waals surface area contributed by atoms with Crippen LogP contribution < -0.4 is 5.73 Å². The van der Waals surface area contributed by atoms with Crippen LogP contribution in [0.1, 0.15) is 38.1 Å². The molecular weight excluding hydrogens is 258 g/mol. The summed E-state index contributed by atoms with van der Waals surface area (Å²) >= 11 is 5.91. The molecule has 0 bridgehead atoms. The molecule has 0 saturated heterocycles. The van der Waals surface area contributed by atoms with E-state index in [-0.39, 0.29) is 0 Å². The van der Waals surface area contributed by atoms with Gasteiger partial charge in [0.15, 0.2) is 0 Å². The Morgan fingerprint density at radius 2 is 1.79 bits per heavy atom. The number of benzene rings is 1. The lowest BCUT2D eigenvalue weighted by Gasteiger charge is -2.22. The largest absolute Gasteiger partial charge is 0.384 e. The number of hydrogen-bond acceptors (Lipinski definition) is 2. The molecule has 2 N–H and O–H groups in total. The molecule has 19 heavy (non-hydrogen) atoms. The number of anilines is 1. The van der Waals surface area contributed by atoms with Gasteiger partial charge in [-0.1, -0.05) is 43.0 Å². The Kier molecular flexibility index (Phi) is 3.47. The highest BCUT2D eigenvalue weighted by molar-refractivity contribution is 6.30. The lowest BCUT2D eigenvalue weighted by atomic mass is 9.96. The van der Waals surface area contributed by atoms with E-state index in [0.29, 0.717) is 6.04 Å². The Morgan fingerprint density at radius 1 is 1.11 bits per heavy atom. The fourth-order valence-corrected chi connectivity index (χ4v) is 2.91. The van der Waals surface area contributed by atoms with Gasteiger partial charge in [-0.25, -0.2) is 4.68 Å². The van der Waals surface area contributed by atoms with E-state index in [9.17, 15) is 0 Å². The highest BCUT2D eigenvalue weighted by atomic mass is 35.5. The van der Waals surface area contributed by atoms with Crippen molar-refractivity contribution in [3.63, 3.8) is 0 Å². The molecule has 0 amide bonds. The summed E-state index contributed by atoms with van der Waals surface area (Å²) in [4.78, 5) is 0. The predicted octanol–water partition coefficient (Wildman–Crippen LogP) is 4.29. The molecule has 1 fully saturated rings. The topological polar surface area (TPSA) is 43.8 Å². The van der Waals surface area contributed by atoms with Gasteiger partial charge in [0, 0.05) is 16.7 Å². The molecule has 100 valence electrons. The first-order chi connectivity index (χ1) is 9.24. The van der Waals surface area contributed by atoms with Crippen LogP contribution in [-0.2, 0) is 0 Å². The zero-order chi connectivity index (χ0) is 13.2. The van der Waals surface area contributed by atoms with Crippen LogP contribution in [0.15, 0.2) is 30.3 Å². The minimum atomic E-state index is 0.467. The highest BCUT2D eigenvalue weighted by Gasteiger charge is 2.19. The Bertz CT molecular complexity index is 553. The third-order valence-electron chi connectivity index (χ3n) is 3.83. The SMILES string of the molecule is Nc1cc(-c2ccc(Cl)cc2)nn1C1CCCCC1. The Morgan fingerprint density at radius 3 is 2.47 bits per heavy atom. The van der Waals surface area contributed by atoms with Crippen molar-refractivity contribution >= 4 is 17.4 Å². The summed E-state index contributed by atoms with van der Waals surface area (Å²) in [5, 5.41) is 5.42. The number of rotatable bonds is 2. The van der Waals surface area contributed by atoms with Gasteiger partial charge in [-0.2, -0.15) is 5.10 Å². The van der Waals surface area contributed by atoms with Gasteiger partial charge in [-0.15, -0.1) is 0 Å². The van der Waals surface area contributed by atoms with E-state index in [1.54, 1.807) is 0 Å². The quantitative estimate of drug-likeness (QED) is 0.888. The maximum atomic E-state index is 6.11. The molecule has 1 aromatic heterocycles. The molecule has 2 aromatic rings. The van der Waals surface area contributed by atoms with Gasteiger partial charge >= 0.3 is 0 Å². The molecule has 1 saturated carbocycles. The van der Waals surface area contributed by atoms with Gasteiger partial charge in [-0.3, -0.25) is 0 Å². The van der Waals surface area contributed by atoms with E-state index < -0.39 is 0 Å². The minimum absolute atomic E-state index is 0.467. The van der Waals surface area contributed by atoms with Crippen LogP contribution in [0.3, 0.4) is 0 Å². The molecule has 0 radical (unpaired) electrons. The Hall–Kier alpha value is -1.48. The molecule has 1 aliphatic rings. The van der Waals surface area contributed by atoms with Gasteiger partial charge in [0.25, 0.3) is 0 Å². The third-order valence-corrected chi connectivity index (χ3v) is 4.08. The van der Waals surface area contributed by atoms with Crippen LogP contribution >= 0.6 is 11.6 Å². The first-order valence-electron chi connectivity index (χ1n) is 6.85. The highest BCUT2D eigenvalue weighted by Crippen LogP contribution is 2.31. The van der Waals surface area contributed by atoms with Crippen LogP contribution in [0.25, 0.3) is 11.3 Å². The summed E-state index contributed by atoms with van der Waals surface area (Å²) < 4.78 is 2.00. The molecule has 4 heteroatoms. The van der Waals surface area contributed by atoms with Crippen molar-refractivity contribution in [1.29, 1.82) is 0 Å². The predicted molar refractivity (Wildman–Crippen MR) is 79.2 cm³/mol. The normalized spacial score (nSPS) is 16.7. The van der Waals surface area contributed by atoms with Crippen molar-refractivity contribution in [1.82, 2.24) is 9.78 Å². The smallest absolute Gasteiger partial charge is 0.122 e. The van der Waals surface area contributed by atoms with Crippen LogP contribution in [-0.4, -0.2) is 9.78 Å². The van der Waals surface area contributed by atoms with Gasteiger partial charge in [0.1, 0.15) is 5.82 Å². The van der Waals surface area contributed by atoms with Gasteiger partial charge in [0.2, 0.25) is 0 Å². The fraction of sp³-hybridized carbons (Fsp3) is 0.400. The van der Waals surface area contributed by atoms with Gasteiger partial charge in [-0.05, 0) is 25.0 Å². The van der Waals surface area contributed by atoms with Crippen molar-refractivity contribution in [3.05, 3.63) is 35.4 Å². The summed E-state index contributed by atoms with van der Waals surface area (Å²) in [5.41, 5.74) is 8.10. The van der Waals surface area contributed by atoms with Gasteiger partial charge < -0.3 is 5.73 Å². The molecule has 1 heterocycles. The molecule has 0 spiro atoms. The summed E-state index contributed by atoms with van der Waals surface area (Å²) in [6.45, 7) is 0. The van der Waals surface area contributed by atoms with Crippen LogP contribution in [0.5, 0.6) is 0 Å². The molecule has 3 rings (SSSR count). The number of halogens is 1. The maximum Gasteiger partial charge on any atom is 0.122 e. The minimum Gasteiger partial charge on any atom is -0.384 e. The molecule has 0 aliphatic heterocycles. The number of aromatic nitrogens is 2. The van der Waals surface area contributed by atoms with E-state index in [1.165, 1.54) is 32.1 Å². The summed E-state index contributed by atoms with van der Waals surface area (Å²) in [7, 11) is 0. The second-order valence-corrected chi connectivity index (χ2v) is 5.63. The van der Waals surface area contributed by atoms with Crippen molar-refractivity contribution in [3.8, 4) is 11.3 Å². The maximum absolute atomic E-state index is 6.11. The first kappa shape index (κ1) is 12.5. The zero-order valence-electron chi connectivity index (χ0n) is 10.8. The summed E-state index contributed by atoms with van der Waals surface area (Å²) in [5.74, 6) is 0.761. The lowest BCUT2D eigenvalue weighted by molar-refractivity contribution is 0.333. The average Bonchev–Trinajstić information content (AvgIpc) is 2.83. The van der Waals surface area contributed by atoms with Crippen molar-refractivity contribution in [2.75, 3.05) is 5.73 Å². The van der Waals surface area contributed by atoms with Crippen LogP contribution in [0.4, 0.5) is 5.82 Å². The monoisotopic (exact) mass is 275 g/mol. The standard InChI is InChI=1S/C15H18ClN3/c16-12-8-6-11(7-9-12)14-10-15(17)19(18-14)13-4-2-1-3-5-13/h6-10,13H,1-5,17H2. The van der Waals surface area contributed by atoms with E-state index in [1.807, 2.05) is 35.0 Å². The second kappa shape index (κ2) is 5.25. The number of nitrogens with two attached hydrogens (primary N) is 1. The van der Waals surface area contributed by atoms with E-state index in [4.69, 9.17) is 17.3 Å². The summed E-state index contributed by atoms with van der Waals surface area (Å²) in [6.07, 6.45) is 6.26. The molecule has 1 aromatic carbocycles. The Balaban J connectivity index is 1.90. The number of nitrogen functional groups attached to an aromatic ring is 1. The van der Waals surface area contributed by atoms with E-state index >= 15 is 0 Å². The lowest BCUT2D eigenvalue weighted by Crippen LogP contribution is -2.16. The third kappa shape index (κ3) is 2.61. The number of hydrogen-bond donors (Lipinski definition) is 1. The number of nitrogens with zero attached hydrogens (tertiary/aromatic N) is 2. The molecule has 0 atom stereocenters. The van der Waals surface area contributed by atoms with Gasteiger partial charge in [0.05, 0.1) is 11.7 Å². The first-order valence-corrected chi connectivity index (χ1v) is 7.23. The second-order valence-electron chi connectivity index (χ2n) is 5.20.